The zero-order chi connectivity index (χ0) is 26.0. The molecule has 3 aromatic carbocycles. The van der Waals surface area contributed by atoms with Gasteiger partial charge in [-0.3, -0.25) is 14.9 Å². The smallest absolute Gasteiger partial charge is 0.312 e. The lowest BCUT2D eigenvalue weighted by molar-refractivity contribution is -0.386. The lowest BCUT2D eigenvalue weighted by Crippen LogP contribution is -2.23. The number of nitro groups is 1. The van der Waals surface area contributed by atoms with E-state index in [4.69, 9.17) is 16.3 Å². The molecule has 0 spiro atoms. The van der Waals surface area contributed by atoms with E-state index in [0.717, 1.165) is 4.47 Å². The minimum absolute atomic E-state index is 0.0536. The van der Waals surface area contributed by atoms with E-state index in [1.165, 1.54) is 17.0 Å². The first-order chi connectivity index (χ1) is 17.2. The first-order valence-corrected chi connectivity index (χ1v) is 12.7. The number of fused-ring (bicyclic) bond motifs is 1. The van der Waals surface area contributed by atoms with Crippen LogP contribution in [0.15, 0.2) is 73.4 Å². The Kier molecular flexibility index (Phi) is 7.87. The largest absolute Gasteiger partial charge is 0.481 e. The van der Waals surface area contributed by atoms with Crippen molar-refractivity contribution in [1.29, 1.82) is 0 Å². The third-order valence-corrected chi connectivity index (χ3v) is 6.70. The fourth-order valence-corrected chi connectivity index (χ4v) is 4.63. The van der Waals surface area contributed by atoms with Gasteiger partial charge in [-0.05, 0) is 46.3 Å². The predicted molar refractivity (Wildman–Crippen MR) is 147 cm³/mol. The van der Waals surface area contributed by atoms with Crippen molar-refractivity contribution in [3.63, 3.8) is 0 Å². The van der Waals surface area contributed by atoms with Crippen LogP contribution in [-0.2, 0) is 6.61 Å². The highest BCUT2D eigenvalue weighted by molar-refractivity contribution is 9.10. The number of hydrogen-bond donors (Lipinski definition) is 0. The Hall–Kier alpha value is -3.08. The predicted octanol–water partition coefficient (Wildman–Crippen LogP) is 7.07. The summed E-state index contributed by atoms with van der Waals surface area (Å²) in [5.74, 6) is 0.443. The summed E-state index contributed by atoms with van der Waals surface area (Å²) in [6, 6.07) is 15.3. The Morgan fingerprint density at radius 1 is 1.19 bits per heavy atom. The van der Waals surface area contributed by atoms with Gasteiger partial charge in [-0.1, -0.05) is 59.6 Å². The quantitative estimate of drug-likeness (QED) is 0.123. The van der Waals surface area contributed by atoms with E-state index in [2.05, 4.69) is 41.9 Å². The van der Waals surface area contributed by atoms with Crippen molar-refractivity contribution in [2.24, 2.45) is 5.10 Å². The van der Waals surface area contributed by atoms with Gasteiger partial charge in [-0.25, -0.2) is 4.98 Å². The van der Waals surface area contributed by atoms with Gasteiger partial charge in [-0.15, -0.1) is 0 Å². The van der Waals surface area contributed by atoms with Crippen LogP contribution in [0.3, 0.4) is 0 Å². The summed E-state index contributed by atoms with van der Waals surface area (Å²) in [6.45, 7) is 3.87. The topological polar surface area (TPSA) is 99.6 Å². The highest BCUT2D eigenvalue weighted by atomic mass is 79.9. The number of nitro benzene ring substituents is 1. The molecule has 0 bridgehead atoms. The average molecular weight is 635 g/mol. The van der Waals surface area contributed by atoms with Gasteiger partial charge < -0.3 is 4.74 Å². The fraction of sp³-hybridized carbons (Fsp3) is 0.160. The normalized spacial score (nSPS) is 11.5. The number of halogens is 3. The summed E-state index contributed by atoms with van der Waals surface area (Å²) in [7, 11) is 0. The van der Waals surface area contributed by atoms with Crippen LogP contribution in [0.2, 0.25) is 5.02 Å². The van der Waals surface area contributed by atoms with E-state index < -0.39 is 4.92 Å². The third-order valence-electron chi connectivity index (χ3n) is 5.24. The maximum absolute atomic E-state index is 13.2. The third kappa shape index (κ3) is 5.50. The van der Waals surface area contributed by atoms with E-state index in [9.17, 15) is 14.9 Å². The van der Waals surface area contributed by atoms with Crippen LogP contribution in [0.25, 0.3) is 10.9 Å². The van der Waals surface area contributed by atoms with Gasteiger partial charge >= 0.3 is 5.69 Å². The first kappa shape index (κ1) is 26.0. The van der Waals surface area contributed by atoms with Crippen LogP contribution < -0.4 is 10.3 Å². The molecule has 0 aliphatic carbocycles. The van der Waals surface area contributed by atoms with E-state index in [0.29, 0.717) is 37.3 Å². The van der Waals surface area contributed by atoms with Crippen LogP contribution in [0, 0.1) is 10.1 Å². The molecule has 4 rings (SSSR count). The molecular weight excluding hydrogens is 616 g/mol. The summed E-state index contributed by atoms with van der Waals surface area (Å²) in [4.78, 5) is 29.1. The number of ether oxygens (including phenoxy) is 1. The lowest BCUT2D eigenvalue weighted by Gasteiger charge is -2.12. The standard InChI is InChI=1S/C25H19Br2ClN4O4/c1-14(2)24-30-21-8-7-17(26)11-18(21)25(33)31(24)29-12-15-9-19(27)23(22(10-15)32(34)35)36-13-16-5-3-4-6-20(16)28/h3-12,14H,13H2,1-2H3. The summed E-state index contributed by atoms with van der Waals surface area (Å²) in [6.07, 6.45) is 1.38. The minimum atomic E-state index is -0.537. The van der Waals surface area contributed by atoms with Gasteiger partial charge in [0.1, 0.15) is 12.4 Å². The number of hydrogen-bond acceptors (Lipinski definition) is 6. The van der Waals surface area contributed by atoms with E-state index in [-0.39, 0.29) is 29.5 Å². The Bertz CT molecular complexity index is 1570. The van der Waals surface area contributed by atoms with Crippen LogP contribution in [0.1, 0.15) is 36.7 Å². The second-order valence-electron chi connectivity index (χ2n) is 8.14. The molecule has 0 radical (unpaired) electrons. The average Bonchev–Trinajstić information content (AvgIpc) is 2.83. The molecule has 0 aliphatic heterocycles. The summed E-state index contributed by atoms with van der Waals surface area (Å²) in [5, 5.41) is 17.1. The Morgan fingerprint density at radius 2 is 1.94 bits per heavy atom. The van der Waals surface area contributed by atoms with Gasteiger partial charge in [0.05, 0.1) is 26.5 Å². The molecule has 8 nitrogen and oxygen atoms in total. The monoisotopic (exact) mass is 632 g/mol. The molecule has 0 saturated carbocycles. The van der Waals surface area contributed by atoms with E-state index in [1.54, 1.807) is 42.5 Å². The number of benzene rings is 3. The molecule has 184 valence electrons. The lowest BCUT2D eigenvalue weighted by atomic mass is 10.2. The van der Waals surface area contributed by atoms with Crippen LogP contribution in [-0.4, -0.2) is 20.8 Å². The molecule has 1 aromatic heterocycles. The van der Waals surface area contributed by atoms with Crippen molar-refractivity contribution in [3.05, 3.63) is 106 Å². The minimum Gasteiger partial charge on any atom is -0.481 e. The van der Waals surface area contributed by atoms with Crippen molar-refractivity contribution in [2.75, 3.05) is 0 Å². The Labute approximate surface area is 228 Å². The van der Waals surface area contributed by atoms with Gasteiger partial charge in [0.25, 0.3) is 5.56 Å². The molecule has 36 heavy (non-hydrogen) atoms. The van der Waals surface area contributed by atoms with Crippen molar-refractivity contribution in [1.82, 2.24) is 9.66 Å². The molecule has 1 heterocycles. The molecule has 0 saturated heterocycles. The maximum atomic E-state index is 13.2. The van der Waals surface area contributed by atoms with Gasteiger partial charge in [-0.2, -0.15) is 9.78 Å². The molecule has 0 fully saturated rings. The molecule has 11 heteroatoms. The van der Waals surface area contributed by atoms with Gasteiger partial charge in [0.2, 0.25) is 5.75 Å². The summed E-state index contributed by atoms with van der Waals surface area (Å²) < 4.78 is 8.09. The molecule has 0 N–H and O–H groups in total. The number of rotatable bonds is 7. The van der Waals surface area contributed by atoms with Crippen LogP contribution >= 0.6 is 43.5 Å². The van der Waals surface area contributed by atoms with E-state index >= 15 is 0 Å². The van der Waals surface area contributed by atoms with Crippen molar-refractivity contribution >= 4 is 66.3 Å². The summed E-state index contributed by atoms with van der Waals surface area (Å²) >= 11 is 12.9. The molecule has 0 amide bonds. The zero-order valence-electron chi connectivity index (χ0n) is 19.1. The van der Waals surface area contributed by atoms with Gasteiger partial charge in [0, 0.05) is 32.6 Å². The molecule has 0 atom stereocenters. The fourth-order valence-electron chi connectivity index (χ4n) is 3.49. The van der Waals surface area contributed by atoms with E-state index in [1.807, 2.05) is 19.9 Å². The second kappa shape index (κ2) is 10.9. The molecule has 0 aliphatic rings. The Balaban J connectivity index is 1.73. The second-order valence-corrected chi connectivity index (χ2v) is 10.3. The SMILES string of the molecule is CC(C)c1nc2ccc(Br)cc2c(=O)n1N=Cc1cc(Br)c(OCc2ccccc2Cl)c([N+](=O)[O-])c1. The van der Waals surface area contributed by atoms with Crippen molar-refractivity contribution in [3.8, 4) is 5.75 Å². The van der Waals surface area contributed by atoms with Crippen LogP contribution in [0.4, 0.5) is 5.69 Å². The van der Waals surface area contributed by atoms with Crippen molar-refractivity contribution in [2.45, 2.75) is 26.4 Å². The van der Waals surface area contributed by atoms with Crippen molar-refractivity contribution < 1.29 is 9.66 Å². The summed E-state index contributed by atoms with van der Waals surface area (Å²) in [5.41, 5.74) is 1.07. The first-order valence-electron chi connectivity index (χ1n) is 10.8. The highest BCUT2D eigenvalue weighted by Gasteiger charge is 2.21. The van der Waals surface area contributed by atoms with Gasteiger partial charge in [0.15, 0.2) is 0 Å². The Morgan fingerprint density at radius 3 is 2.64 bits per heavy atom. The maximum Gasteiger partial charge on any atom is 0.312 e. The molecular formula is C25H19Br2ClN4O4. The van der Waals surface area contributed by atoms with Crippen LogP contribution in [0.5, 0.6) is 5.75 Å². The molecule has 0 unspecified atom stereocenters. The zero-order valence-corrected chi connectivity index (χ0v) is 23.0. The highest BCUT2D eigenvalue weighted by Crippen LogP contribution is 2.37. The number of nitrogens with zero attached hydrogens (tertiary/aromatic N) is 4. The molecule has 4 aromatic rings. The number of aromatic nitrogens is 2.